The third-order valence-corrected chi connectivity index (χ3v) is 3.26. The maximum absolute atomic E-state index is 11.0. The molecule has 0 N–H and O–H groups in total. The topological polar surface area (TPSA) is 39.2 Å². The molecule has 2 aromatic rings. The molecule has 0 bridgehead atoms. The van der Waals surface area contributed by atoms with Crippen LogP contribution in [0, 0.1) is 0 Å². The second-order valence-electron chi connectivity index (χ2n) is 3.73. The Bertz CT molecular complexity index is 542. The monoisotopic (exact) mass is 293 g/mol. The lowest BCUT2D eigenvalue weighted by Gasteiger charge is -2.08. The number of fused-ring (bicyclic) bond motifs is 1. The van der Waals surface area contributed by atoms with Gasteiger partial charge in [-0.3, -0.25) is 9.78 Å². The molecule has 17 heavy (non-hydrogen) atoms. The molecule has 1 aromatic heterocycles. The minimum atomic E-state index is -0.559. The predicted molar refractivity (Wildman–Crippen MR) is 69.9 cm³/mol. The number of nitrogens with zero attached hydrogens (tertiary/aromatic N) is 1. The van der Waals surface area contributed by atoms with Crippen LogP contribution in [0.15, 0.2) is 36.4 Å². The van der Waals surface area contributed by atoms with E-state index in [1.807, 2.05) is 36.4 Å². The quantitative estimate of drug-likeness (QED) is 0.814. The van der Waals surface area contributed by atoms with E-state index in [1.54, 1.807) is 0 Å². The van der Waals surface area contributed by atoms with Crippen LogP contribution in [0.5, 0.6) is 0 Å². The summed E-state index contributed by atoms with van der Waals surface area (Å²) >= 11 is 3.15. The van der Waals surface area contributed by atoms with Crippen LogP contribution in [0.25, 0.3) is 10.9 Å². The van der Waals surface area contributed by atoms with Crippen molar-refractivity contribution in [3.63, 3.8) is 0 Å². The van der Waals surface area contributed by atoms with Crippen LogP contribution in [-0.2, 0) is 16.1 Å². The molecular formula is C13H12BrNO2. The molecule has 1 heterocycles. The van der Waals surface area contributed by atoms with E-state index in [9.17, 15) is 4.79 Å². The van der Waals surface area contributed by atoms with E-state index in [0.29, 0.717) is 6.61 Å². The number of rotatable bonds is 4. The number of aromatic nitrogens is 1. The van der Waals surface area contributed by atoms with Crippen molar-refractivity contribution in [1.82, 2.24) is 4.98 Å². The third kappa shape index (κ3) is 3.11. The number of Topliss-reactive ketones (excluding diaryl/α,β-unsaturated/α-hetero) is 1. The molecule has 0 spiro atoms. The number of hydrogen-bond donors (Lipinski definition) is 0. The molecule has 0 aliphatic heterocycles. The fourth-order valence-corrected chi connectivity index (χ4v) is 1.60. The van der Waals surface area contributed by atoms with Crippen LogP contribution in [0.2, 0.25) is 0 Å². The summed E-state index contributed by atoms with van der Waals surface area (Å²) < 4.78 is 5.34. The van der Waals surface area contributed by atoms with Crippen LogP contribution in [-0.4, -0.2) is 15.8 Å². The lowest BCUT2D eigenvalue weighted by Crippen LogP contribution is -2.14. The summed E-state index contributed by atoms with van der Waals surface area (Å²) in [6.45, 7) is 1.80. The first kappa shape index (κ1) is 12.2. The van der Waals surface area contributed by atoms with Gasteiger partial charge in [-0.15, -0.1) is 0 Å². The minimum Gasteiger partial charge on any atom is -0.353 e. The molecule has 0 fully saturated rings. The van der Waals surface area contributed by atoms with E-state index >= 15 is 0 Å². The summed E-state index contributed by atoms with van der Waals surface area (Å²) in [6, 6.07) is 11.8. The van der Waals surface area contributed by atoms with Crippen LogP contribution in [0.3, 0.4) is 0 Å². The molecule has 1 aromatic carbocycles. The number of carbonyl (C=O) groups excluding carboxylic acids is 1. The smallest absolute Gasteiger partial charge is 0.170 e. The number of ether oxygens (including phenoxy) is 1. The predicted octanol–water partition coefficient (Wildman–Crippen LogP) is 3.06. The number of pyridine rings is 1. The Hall–Kier alpha value is -1.26. The normalized spacial score (nSPS) is 12.6. The van der Waals surface area contributed by atoms with Crippen LogP contribution >= 0.6 is 15.9 Å². The first-order valence-corrected chi connectivity index (χ1v) is 6.19. The number of hydrogen-bond acceptors (Lipinski definition) is 3. The average Bonchev–Trinajstić information content (AvgIpc) is 2.35. The molecule has 0 aliphatic carbocycles. The zero-order valence-electron chi connectivity index (χ0n) is 9.39. The fourth-order valence-electron chi connectivity index (χ4n) is 1.46. The van der Waals surface area contributed by atoms with Gasteiger partial charge in [0, 0.05) is 5.39 Å². The van der Waals surface area contributed by atoms with E-state index in [2.05, 4.69) is 20.9 Å². The van der Waals surface area contributed by atoms with Crippen LogP contribution in [0.1, 0.15) is 12.6 Å². The number of ketones is 1. The zero-order chi connectivity index (χ0) is 12.3. The minimum absolute atomic E-state index is 0.0502. The highest BCUT2D eigenvalue weighted by Crippen LogP contribution is 2.13. The standard InChI is InChI=1S/C13H12BrNO2/c1-9(16)13(14)17-8-11-7-6-10-4-2-3-5-12(10)15-11/h2-7,13H,8H2,1H3. The summed E-state index contributed by atoms with van der Waals surface area (Å²) in [5.41, 5.74) is 1.75. The fraction of sp³-hybridized carbons (Fsp3) is 0.231. The highest BCUT2D eigenvalue weighted by atomic mass is 79.9. The summed E-state index contributed by atoms with van der Waals surface area (Å²) in [5, 5.41) is 0.536. The van der Waals surface area contributed by atoms with Gasteiger partial charge in [0.1, 0.15) is 0 Å². The molecule has 4 heteroatoms. The lowest BCUT2D eigenvalue weighted by molar-refractivity contribution is -0.123. The highest BCUT2D eigenvalue weighted by molar-refractivity contribution is 9.09. The zero-order valence-corrected chi connectivity index (χ0v) is 11.0. The van der Waals surface area contributed by atoms with E-state index in [1.165, 1.54) is 6.92 Å². The van der Waals surface area contributed by atoms with Gasteiger partial charge in [-0.1, -0.05) is 24.3 Å². The molecule has 0 saturated heterocycles. The van der Waals surface area contributed by atoms with Crippen molar-refractivity contribution in [1.29, 1.82) is 0 Å². The molecule has 1 unspecified atom stereocenters. The van der Waals surface area contributed by atoms with Crippen LogP contribution < -0.4 is 0 Å². The number of alkyl halides is 1. The van der Waals surface area contributed by atoms with E-state index in [0.717, 1.165) is 16.6 Å². The SMILES string of the molecule is CC(=O)C(Br)OCc1ccc2ccccc2n1. The van der Waals surface area contributed by atoms with Gasteiger partial charge < -0.3 is 4.74 Å². The van der Waals surface area contributed by atoms with Gasteiger partial charge in [0.15, 0.2) is 10.8 Å². The number of benzene rings is 1. The van der Waals surface area contributed by atoms with E-state index in [4.69, 9.17) is 4.74 Å². The van der Waals surface area contributed by atoms with Crippen molar-refractivity contribution in [3.05, 3.63) is 42.1 Å². The molecule has 0 saturated carbocycles. The van der Waals surface area contributed by atoms with Crippen molar-refractivity contribution in [2.45, 2.75) is 18.5 Å². The van der Waals surface area contributed by atoms with Gasteiger partial charge in [0.2, 0.25) is 0 Å². The van der Waals surface area contributed by atoms with Crippen LogP contribution in [0.4, 0.5) is 0 Å². The third-order valence-electron chi connectivity index (χ3n) is 2.35. The van der Waals surface area contributed by atoms with Gasteiger partial charge >= 0.3 is 0 Å². The van der Waals surface area contributed by atoms with Gasteiger partial charge in [-0.25, -0.2) is 0 Å². The van der Waals surface area contributed by atoms with E-state index in [-0.39, 0.29) is 5.78 Å². The first-order chi connectivity index (χ1) is 8.16. The Morgan fingerprint density at radius 3 is 2.88 bits per heavy atom. The Morgan fingerprint density at radius 1 is 1.35 bits per heavy atom. The van der Waals surface area contributed by atoms with Crippen molar-refractivity contribution in [3.8, 4) is 0 Å². The molecular weight excluding hydrogens is 282 g/mol. The highest BCUT2D eigenvalue weighted by Gasteiger charge is 2.10. The van der Waals surface area contributed by atoms with Crippen molar-refractivity contribution in [2.75, 3.05) is 0 Å². The molecule has 2 rings (SSSR count). The molecule has 0 aliphatic rings. The maximum atomic E-state index is 11.0. The number of halogens is 1. The van der Waals surface area contributed by atoms with Gasteiger partial charge in [0.05, 0.1) is 17.8 Å². The Labute approximate surface area is 108 Å². The summed E-state index contributed by atoms with van der Waals surface area (Å²) in [4.78, 5) is 15.4. The Balaban J connectivity index is 2.12. The Morgan fingerprint density at radius 2 is 2.12 bits per heavy atom. The van der Waals surface area contributed by atoms with Gasteiger partial charge in [-0.05, 0) is 35.0 Å². The average molecular weight is 294 g/mol. The van der Waals surface area contributed by atoms with Gasteiger partial charge in [-0.2, -0.15) is 0 Å². The lowest BCUT2D eigenvalue weighted by atomic mass is 10.2. The largest absolute Gasteiger partial charge is 0.353 e. The first-order valence-electron chi connectivity index (χ1n) is 5.27. The summed E-state index contributed by atoms with van der Waals surface area (Å²) in [6.07, 6.45) is 0. The van der Waals surface area contributed by atoms with Crippen molar-refractivity contribution in [2.24, 2.45) is 0 Å². The number of para-hydroxylation sites is 1. The van der Waals surface area contributed by atoms with Gasteiger partial charge in [0.25, 0.3) is 0 Å². The second-order valence-corrected chi connectivity index (χ2v) is 4.56. The van der Waals surface area contributed by atoms with Crippen molar-refractivity contribution < 1.29 is 9.53 Å². The number of carbonyl (C=O) groups is 1. The molecule has 3 nitrogen and oxygen atoms in total. The molecule has 88 valence electrons. The summed E-state index contributed by atoms with van der Waals surface area (Å²) in [5.74, 6) is -0.0502. The molecule has 0 radical (unpaired) electrons. The molecule has 0 amide bonds. The van der Waals surface area contributed by atoms with Crippen molar-refractivity contribution >= 4 is 32.6 Å². The summed E-state index contributed by atoms with van der Waals surface area (Å²) in [7, 11) is 0. The molecule has 1 atom stereocenters. The van der Waals surface area contributed by atoms with E-state index < -0.39 is 5.01 Å². The second kappa shape index (κ2) is 5.38. The maximum Gasteiger partial charge on any atom is 0.170 e. The Kier molecular flexibility index (Phi) is 3.86.